The lowest BCUT2D eigenvalue weighted by Crippen LogP contribution is -2.23. The van der Waals surface area contributed by atoms with E-state index in [9.17, 15) is 19.2 Å². The quantitative estimate of drug-likeness (QED) is 0.337. The summed E-state index contributed by atoms with van der Waals surface area (Å²) in [5.74, 6) is 0.167. The topological polar surface area (TPSA) is 183 Å². The Balaban J connectivity index is -0.000000334. The lowest BCUT2D eigenvalue weighted by Gasteiger charge is -2.01. The van der Waals surface area contributed by atoms with Crippen LogP contribution in [0.1, 0.15) is 40.5 Å². The molecule has 8 amide bonds. The Morgan fingerprint density at radius 3 is 0.879 bits per heavy atom. The van der Waals surface area contributed by atoms with E-state index in [1.54, 1.807) is 35.8 Å². The van der Waals surface area contributed by atoms with Crippen molar-refractivity contribution in [2.75, 3.05) is 60.4 Å². The monoisotopic (exact) mass is 476 g/mol. The predicted octanol–water partition coefficient (Wildman–Crippen LogP) is 0.350. The molecule has 4 aliphatic rings. The average molecular weight is 477 g/mol. The number of rotatable bonds is 0. The van der Waals surface area contributed by atoms with E-state index in [0.717, 1.165) is 39.3 Å². The van der Waals surface area contributed by atoms with Crippen LogP contribution in [0.15, 0.2) is 0 Å². The summed E-state index contributed by atoms with van der Waals surface area (Å²) in [6, 6.07) is -0.708. The van der Waals surface area contributed by atoms with Crippen LogP contribution in [-0.2, 0) is 4.79 Å². The second kappa shape index (κ2) is 20.6. The molecule has 0 atom stereocenters. The highest BCUT2D eigenvalue weighted by atomic mass is 16.2. The van der Waals surface area contributed by atoms with Gasteiger partial charge in [0.1, 0.15) is 5.78 Å². The molecule has 3 saturated heterocycles. The fourth-order valence-corrected chi connectivity index (χ4v) is 1.70. The molecule has 33 heavy (non-hydrogen) atoms. The molecule has 0 spiro atoms. The summed E-state index contributed by atoms with van der Waals surface area (Å²) < 4.78 is 0. The first-order valence-corrected chi connectivity index (χ1v) is 10.4. The number of hydrogen-bond acceptors (Lipinski definition) is 5. The van der Waals surface area contributed by atoms with Crippen molar-refractivity contribution in [1.29, 1.82) is 0 Å². The van der Waals surface area contributed by atoms with Crippen LogP contribution < -0.4 is 27.4 Å². The van der Waals surface area contributed by atoms with Gasteiger partial charge in [-0.05, 0) is 13.8 Å². The molecule has 194 valence electrons. The van der Waals surface area contributed by atoms with E-state index < -0.39 is 6.03 Å². The molecule has 0 aromatic heterocycles. The van der Waals surface area contributed by atoms with Gasteiger partial charge in [-0.3, -0.25) is 0 Å². The average Bonchev–Trinajstić information content (AvgIpc) is 3.36. The van der Waals surface area contributed by atoms with Crippen molar-refractivity contribution in [2.24, 2.45) is 11.5 Å². The molecule has 0 radical (unpaired) electrons. The maximum atomic E-state index is 10.4. The van der Waals surface area contributed by atoms with E-state index in [4.69, 9.17) is 4.79 Å². The lowest BCUT2D eigenvalue weighted by atomic mass is 10.6. The number of nitrogens with one attached hydrogen (secondary N) is 3. The van der Waals surface area contributed by atoms with Gasteiger partial charge in [-0.25, -0.2) is 19.2 Å². The zero-order valence-corrected chi connectivity index (χ0v) is 19.9. The number of nitrogens with zero attached hydrogens (tertiary/aromatic N) is 3. The molecule has 4 fully saturated rings. The van der Waals surface area contributed by atoms with E-state index in [1.807, 2.05) is 0 Å². The maximum Gasteiger partial charge on any atom is 0.317 e. The van der Waals surface area contributed by atoms with Gasteiger partial charge in [0.25, 0.3) is 0 Å². The van der Waals surface area contributed by atoms with Gasteiger partial charge in [0.05, 0.1) is 0 Å². The van der Waals surface area contributed by atoms with Gasteiger partial charge < -0.3 is 46.9 Å². The first-order valence-electron chi connectivity index (χ1n) is 10.4. The minimum Gasteiger partial charge on any atom is -0.352 e. The fourth-order valence-electron chi connectivity index (χ4n) is 1.70. The lowest BCUT2D eigenvalue weighted by molar-refractivity contribution is -0.115. The molecule has 0 unspecified atom stereocenters. The molecule has 7 N–H and O–H groups in total. The highest BCUT2D eigenvalue weighted by Gasteiger charge is 2.14. The van der Waals surface area contributed by atoms with Crippen LogP contribution in [0, 0.1) is 0 Å². The Morgan fingerprint density at radius 2 is 0.848 bits per heavy atom. The first-order chi connectivity index (χ1) is 14.9. The molecule has 3 heterocycles. The number of carbonyl (C=O) groups is 5. The second-order valence-corrected chi connectivity index (χ2v) is 7.33. The minimum absolute atomic E-state index is 0. The minimum atomic E-state index is -0.833. The number of primary amides is 2. The molecule has 4 rings (SSSR count). The number of carbonyl (C=O) groups excluding carboxylic acids is 5. The molecule has 0 aromatic rings. The van der Waals surface area contributed by atoms with Crippen molar-refractivity contribution in [3.63, 3.8) is 0 Å². The van der Waals surface area contributed by atoms with E-state index in [0.29, 0.717) is 0 Å². The Hall–Kier alpha value is -3.25. The highest BCUT2D eigenvalue weighted by Crippen LogP contribution is 2.14. The highest BCUT2D eigenvalue weighted by molar-refractivity contribution is 5.76. The number of ketones is 1. The van der Waals surface area contributed by atoms with Crippen LogP contribution in [0.25, 0.3) is 0 Å². The van der Waals surface area contributed by atoms with Gasteiger partial charge in [-0.1, -0.05) is 26.7 Å². The summed E-state index contributed by atoms with van der Waals surface area (Å²) in [6.07, 6.45) is 4.50. The zero-order chi connectivity index (χ0) is 25.1. The van der Waals surface area contributed by atoms with Crippen molar-refractivity contribution in [3.8, 4) is 0 Å². The van der Waals surface area contributed by atoms with Gasteiger partial charge in [0.15, 0.2) is 0 Å². The van der Waals surface area contributed by atoms with Crippen LogP contribution >= 0.6 is 0 Å². The summed E-state index contributed by atoms with van der Waals surface area (Å²) >= 11 is 0. The number of likely N-dealkylation sites (N-methyl/N-ethyl adjacent to an activating group) is 3. The van der Waals surface area contributed by atoms with Gasteiger partial charge in [-0.15, -0.1) is 0 Å². The molecule has 13 heteroatoms. The number of Topliss-reactive ketones (excluding diaryl/α,β-unsaturated/α-hetero) is 1. The SMILES string of the molecule is C.C1CC1.CC(C)=O.CN1CCNC1=O.CN1CCNC1=O.CN1CCNC1=O.NC(N)=O. The molecule has 1 saturated carbocycles. The van der Waals surface area contributed by atoms with E-state index in [1.165, 1.54) is 33.1 Å². The van der Waals surface area contributed by atoms with Crippen LogP contribution in [0.5, 0.6) is 0 Å². The van der Waals surface area contributed by atoms with Gasteiger partial charge in [-0.2, -0.15) is 0 Å². The third kappa shape index (κ3) is 26.7. The number of amides is 8. The largest absolute Gasteiger partial charge is 0.352 e. The molecule has 0 bridgehead atoms. The molecular formula is C20H44N8O5. The number of hydrogen-bond donors (Lipinski definition) is 5. The van der Waals surface area contributed by atoms with Gasteiger partial charge in [0, 0.05) is 60.4 Å². The van der Waals surface area contributed by atoms with Crippen molar-refractivity contribution in [2.45, 2.75) is 40.5 Å². The zero-order valence-electron chi connectivity index (χ0n) is 19.9. The van der Waals surface area contributed by atoms with Gasteiger partial charge in [0.2, 0.25) is 0 Å². The molecule has 3 aliphatic heterocycles. The standard InChI is InChI=1S/3C4H8N2O.C3H6O.C3H6.CH4N2O.CH4/c3*1-6-3-2-5-4(6)7;1-3(2)4;1-2-3-1;2-1(3)4;/h3*2-3H2,1H3,(H,5,7);1-2H3;1-3H2;(H4,2,3,4);1H4. The van der Waals surface area contributed by atoms with Crippen molar-refractivity contribution >= 4 is 29.9 Å². The summed E-state index contributed by atoms with van der Waals surface area (Å²) in [4.78, 5) is 54.6. The Bertz CT molecular complexity index is 521. The van der Waals surface area contributed by atoms with E-state index in [-0.39, 0.29) is 31.3 Å². The summed E-state index contributed by atoms with van der Waals surface area (Å²) in [5.41, 5.74) is 8.50. The number of urea groups is 4. The summed E-state index contributed by atoms with van der Waals surface area (Å²) in [6.45, 7) is 8.00. The summed E-state index contributed by atoms with van der Waals surface area (Å²) in [5, 5.41) is 7.97. The third-order valence-corrected chi connectivity index (χ3v) is 3.56. The van der Waals surface area contributed by atoms with Crippen LogP contribution in [-0.4, -0.2) is 105 Å². The van der Waals surface area contributed by atoms with E-state index in [2.05, 4.69) is 27.4 Å². The Labute approximate surface area is 197 Å². The molecule has 0 aromatic carbocycles. The number of nitrogens with two attached hydrogens (primary N) is 2. The molecule has 13 nitrogen and oxygen atoms in total. The first kappa shape index (κ1) is 34.4. The van der Waals surface area contributed by atoms with Gasteiger partial charge >= 0.3 is 24.1 Å². The smallest absolute Gasteiger partial charge is 0.317 e. The fraction of sp³-hybridized carbons (Fsp3) is 0.750. The Morgan fingerprint density at radius 1 is 0.667 bits per heavy atom. The van der Waals surface area contributed by atoms with E-state index >= 15 is 0 Å². The Kier molecular flexibility index (Phi) is 21.5. The normalized spacial score (nSPS) is 16.5. The van der Waals surface area contributed by atoms with Crippen molar-refractivity contribution < 1.29 is 24.0 Å². The summed E-state index contributed by atoms with van der Waals surface area (Å²) in [7, 11) is 5.34. The van der Waals surface area contributed by atoms with Crippen LogP contribution in [0.4, 0.5) is 19.2 Å². The van der Waals surface area contributed by atoms with Crippen molar-refractivity contribution in [3.05, 3.63) is 0 Å². The molecular weight excluding hydrogens is 432 g/mol. The second-order valence-electron chi connectivity index (χ2n) is 7.33. The third-order valence-electron chi connectivity index (χ3n) is 3.56. The maximum absolute atomic E-state index is 10.4. The van der Waals surface area contributed by atoms with Crippen molar-refractivity contribution in [1.82, 2.24) is 30.7 Å². The van der Waals surface area contributed by atoms with Crippen LogP contribution in [0.2, 0.25) is 0 Å². The molecule has 1 aliphatic carbocycles. The van der Waals surface area contributed by atoms with Crippen LogP contribution in [0.3, 0.4) is 0 Å². The predicted molar refractivity (Wildman–Crippen MR) is 129 cm³/mol.